The van der Waals surface area contributed by atoms with Gasteiger partial charge in [-0.1, -0.05) is 29.8 Å². The van der Waals surface area contributed by atoms with Gasteiger partial charge in [0.2, 0.25) is 5.91 Å². The summed E-state index contributed by atoms with van der Waals surface area (Å²) in [7, 11) is -3.91. The minimum Gasteiger partial charge on any atom is -0.324 e. The summed E-state index contributed by atoms with van der Waals surface area (Å²) in [5, 5.41) is 4.22. The lowest BCUT2D eigenvalue weighted by atomic mass is 10.2. The zero-order valence-electron chi connectivity index (χ0n) is 15.3. The lowest BCUT2D eigenvalue weighted by Gasteiger charge is -2.23. The zero-order valence-corrected chi connectivity index (χ0v) is 17.0. The number of hydrogen-bond acceptors (Lipinski definition) is 4. The maximum absolute atomic E-state index is 13.7. The summed E-state index contributed by atoms with van der Waals surface area (Å²) in [6, 6.07) is 14.3. The van der Waals surface area contributed by atoms with E-state index in [1.165, 1.54) is 12.1 Å². The third-order valence-corrected chi connectivity index (χ3v) is 7.25. The van der Waals surface area contributed by atoms with Gasteiger partial charge in [-0.05, 0) is 55.1 Å². The van der Waals surface area contributed by atoms with Gasteiger partial charge in [0.15, 0.2) is 0 Å². The van der Waals surface area contributed by atoms with E-state index in [0.29, 0.717) is 11.3 Å². The van der Waals surface area contributed by atoms with Gasteiger partial charge >= 0.3 is 0 Å². The predicted octanol–water partition coefficient (Wildman–Crippen LogP) is 4.34. The van der Waals surface area contributed by atoms with Crippen LogP contribution in [0.2, 0.25) is 0 Å². The van der Waals surface area contributed by atoms with Gasteiger partial charge in [-0.15, -0.1) is 11.3 Å². The average molecular weight is 419 g/mol. The van der Waals surface area contributed by atoms with Crippen molar-refractivity contribution in [2.45, 2.75) is 18.1 Å². The molecule has 2 aromatic carbocycles. The van der Waals surface area contributed by atoms with Gasteiger partial charge in [0, 0.05) is 5.69 Å². The first-order chi connectivity index (χ1) is 13.3. The molecule has 0 radical (unpaired) electrons. The second-order valence-electron chi connectivity index (χ2n) is 6.29. The van der Waals surface area contributed by atoms with E-state index in [1.54, 1.807) is 54.8 Å². The fourth-order valence-electron chi connectivity index (χ4n) is 2.55. The second kappa shape index (κ2) is 8.12. The van der Waals surface area contributed by atoms with Gasteiger partial charge in [0.1, 0.15) is 16.6 Å². The molecule has 5 nitrogen and oxygen atoms in total. The monoisotopic (exact) mass is 418 g/mol. The first kappa shape index (κ1) is 20.0. The third kappa shape index (κ3) is 4.40. The molecule has 0 saturated carbocycles. The quantitative estimate of drug-likeness (QED) is 0.648. The van der Waals surface area contributed by atoms with Crippen LogP contribution < -0.4 is 9.62 Å². The van der Waals surface area contributed by atoms with Crippen LogP contribution in [0.1, 0.15) is 11.1 Å². The van der Waals surface area contributed by atoms with Crippen LogP contribution in [0, 0.1) is 19.7 Å². The molecular weight excluding hydrogens is 399 g/mol. The van der Waals surface area contributed by atoms with E-state index >= 15 is 0 Å². The van der Waals surface area contributed by atoms with Crippen molar-refractivity contribution in [2.75, 3.05) is 16.2 Å². The molecule has 3 aromatic rings. The van der Waals surface area contributed by atoms with E-state index in [0.717, 1.165) is 21.2 Å². The molecule has 0 aliphatic heterocycles. The molecule has 0 atom stereocenters. The van der Waals surface area contributed by atoms with Crippen molar-refractivity contribution < 1.29 is 17.6 Å². The highest BCUT2D eigenvalue weighted by molar-refractivity contribution is 7.94. The average Bonchev–Trinajstić information content (AvgIpc) is 3.19. The van der Waals surface area contributed by atoms with Gasteiger partial charge in [-0.2, -0.15) is 0 Å². The molecule has 28 heavy (non-hydrogen) atoms. The van der Waals surface area contributed by atoms with Crippen LogP contribution in [0.3, 0.4) is 0 Å². The largest absolute Gasteiger partial charge is 0.324 e. The zero-order chi connectivity index (χ0) is 20.3. The minimum absolute atomic E-state index is 0.141. The minimum atomic E-state index is -3.91. The molecule has 0 saturated heterocycles. The Hall–Kier alpha value is -2.71. The third-order valence-electron chi connectivity index (χ3n) is 4.10. The van der Waals surface area contributed by atoms with Gasteiger partial charge in [-0.3, -0.25) is 9.10 Å². The number of rotatable bonds is 6. The van der Waals surface area contributed by atoms with E-state index in [1.807, 2.05) is 6.92 Å². The van der Waals surface area contributed by atoms with Crippen LogP contribution >= 0.6 is 11.3 Å². The maximum Gasteiger partial charge on any atom is 0.274 e. The van der Waals surface area contributed by atoms with Crippen LogP contribution in [-0.2, 0) is 14.8 Å². The van der Waals surface area contributed by atoms with Crippen LogP contribution in [-0.4, -0.2) is 20.9 Å². The fraction of sp³-hybridized carbons (Fsp3) is 0.150. The summed E-state index contributed by atoms with van der Waals surface area (Å²) in [6.07, 6.45) is 0. The van der Waals surface area contributed by atoms with Crippen molar-refractivity contribution in [1.82, 2.24) is 0 Å². The number of amides is 1. The molecule has 1 heterocycles. The Bertz CT molecular complexity index is 1080. The van der Waals surface area contributed by atoms with Gasteiger partial charge in [-0.25, -0.2) is 12.8 Å². The Balaban J connectivity index is 1.89. The van der Waals surface area contributed by atoms with Crippen molar-refractivity contribution >= 4 is 38.6 Å². The lowest BCUT2D eigenvalue weighted by Crippen LogP contribution is -2.37. The van der Waals surface area contributed by atoms with Gasteiger partial charge < -0.3 is 5.32 Å². The number of nitrogens with zero attached hydrogens (tertiary/aromatic N) is 1. The van der Waals surface area contributed by atoms with Crippen LogP contribution in [0.25, 0.3) is 0 Å². The summed E-state index contributed by atoms with van der Waals surface area (Å²) >= 11 is 1.08. The number of halogens is 1. The molecule has 0 bridgehead atoms. The molecule has 146 valence electrons. The Morgan fingerprint density at radius 3 is 2.43 bits per heavy atom. The highest BCUT2D eigenvalue weighted by Crippen LogP contribution is 2.27. The first-order valence-electron chi connectivity index (χ1n) is 8.46. The van der Waals surface area contributed by atoms with Crippen molar-refractivity contribution in [3.8, 4) is 0 Å². The molecule has 0 aliphatic rings. The second-order valence-corrected chi connectivity index (χ2v) is 9.33. The molecular formula is C20H19FN2O3S2. The summed E-state index contributed by atoms with van der Waals surface area (Å²) in [5.41, 5.74) is 2.08. The lowest BCUT2D eigenvalue weighted by molar-refractivity contribution is -0.114. The predicted molar refractivity (Wildman–Crippen MR) is 110 cm³/mol. The Kier molecular flexibility index (Phi) is 5.81. The molecule has 0 spiro atoms. The van der Waals surface area contributed by atoms with Gasteiger partial charge in [0.05, 0.1) is 5.69 Å². The SMILES string of the molecule is Cc1ccc(N(CC(=O)Nc2ccc(C)c(F)c2)S(=O)(=O)c2cccs2)cc1. The first-order valence-corrected chi connectivity index (χ1v) is 10.8. The summed E-state index contributed by atoms with van der Waals surface area (Å²) in [5.74, 6) is -1.01. The van der Waals surface area contributed by atoms with E-state index < -0.39 is 28.3 Å². The topological polar surface area (TPSA) is 66.5 Å². The maximum atomic E-state index is 13.7. The van der Waals surface area contributed by atoms with Crippen LogP contribution in [0.15, 0.2) is 64.2 Å². The molecule has 0 unspecified atom stereocenters. The Morgan fingerprint density at radius 1 is 1.11 bits per heavy atom. The van der Waals surface area contributed by atoms with Crippen molar-refractivity contribution in [3.63, 3.8) is 0 Å². The highest BCUT2D eigenvalue weighted by atomic mass is 32.2. The van der Waals surface area contributed by atoms with E-state index in [4.69, 9.17) is 0 Å². The van der Waals surface area contributed by atoms with E-state index in [9.17, 15) is 17.6 Å². The molecule has 1 aromatic heterocycles. The smallest absolute Gasteiger partial charge is 0.274 e. The highest BCUT2D eigenvalue weighted by Gasteiger charge is 2.28. The normalized spacial score (nSPS) is 11.2. The Labute approximate surface area is 167 Å². The number of anilines is 2. The summed E-state index contributed by atoms with van der Waals surface area (Å²) < 4.78 is 41.0. The molecule has 0 aliphatic carbocycles. The fourth-order valence-corrected chi connectivity index (χ4v) is 5.07. The van der Waals surface area contributed by atoms with E-state index in [-0.39, 0.29) is 9.90 Å². The number of sulfonamides is 1. The van der Waals surface area contributed by atoms with Crippen LogP contribution in [0.5, 0.6) is 0 Å². The summed E-state index contributed by atoms with van der Waals surface area (Å²) in [4.78, 5) is 12.5. The molecule has 1 amide bonds. The van der Waals surface area contributed by atoms with Crippen molar-refractivity contribution in [1.29, 1.82) is 0 Å². The van der Waals surface area contributed by atoms with Crippen molar-refractivity contribution in [2.24, 2.45) is 0 Å². The number of hydrogen-bond donors (Lipinski definition) is 1. The molecule has 0 fully saturated rings. The number of aryl methyl sites for hydroxylation is 2. The van der Waals surface area contributed by atoms with Crippen molar-refractivity contribution in [3.05, 3.63) is 76.9 Å². The number of benzene rings is 2. The standard InChI is InChI=1S/C20H19FN2O3S2/c1-14-5-9-17(10-6-14)23(28(25,26)20-4-3-11-27-20)13-19(24)22-16-8-7-15(2)18(21)12-16/h3-12H,13H2,1-2H3,(H,22,24). The van der Waals surface area contributed by atoms with Gasteiger partial charge in [0.25, 0.3) is 10.0 Å². The molecule has 8 heteroatoms. The van der Waals surface area contributed by atoms with Crippen LogP contribution in [0.4, 0.5) is 15.8 Å². The van der Waals surface area contributed by atoms with E-state index in [2.05, 4.69) is 5.32 Å². The number of carbonyl (C=O) groups excluding carboxylic acids is 1. The number of thiophene rings is 1. The molecule has 1 N–H and O–H groups in total. The summed E-state index contributed by atoms with van der Waals surface area (Å²) in [6.45, 7) is 3.08. The Morgan fingerprint density at radius 2 is 1.82 bits per heavy atom. The molecule has 3 rings (SSSR count). The number of nitrogens with one attached hydrogen (secondary N) is 1. The number of carbonyl (C=O) groups is 1.